The van der Waals surface area contributed by atoms with Gasteiger partial charge in [0, 0.05) is 51.5 Å². The first-order valence-electron chi connectivity index (χ1n) is 10.9. The van der Waals surface area contributed by atoms with Crippen molar-refractivity contribution >= 4 is 49.3 Å². The lowest BCUT2D eigenvalue weighted by Crippen LogP contribution is -2.44. The number of nitrogens with zero attached hydrogens (tertiary/aromatic N) is 5. The molecule has 0 radical (unpaired) electrons. The molecule has 164 valence electrons. The molecule has 3 aromatic heterocycles. The molecule has 2 fully saturated rings. The van der Waals surface area contributed by atoms with E-state index in [1.807, 2.05) is 28.7 Å². The SMILES string of the molecule is NC1CCN(C(=O)c2c(=O)c3cnc(N4CCNCC4)nc3n3c2sc2ccccc23)C1. The lowest BCUT2D eigenvalue weighted by atomic mass is 10.2. The van der Waals surface area contributed by atoms with Crippen molar-refractivity contribution in [2.24, 2.45) is 5.73 Å². The van der Waals surface area contributed by atoms with Crippen molar-refractivity contribution in [3.63, 3.8) is 0 Å². The first-order chi connectivity index (χ1) is 15.6. The maximum atomic E-state index is 13.6. The van der Waals surface area contributed by atoms with Gasteiger partial charge in [0.25, 0.3) is 5.91 Å². The van der Waals surface area contributed by atoms with Gasteiger partial charge in [0.05, 0.1) is 15.6 Å². The fourth-order valence-corrected chi connectivity index (χ4v) is 5.80. The molecule has 1 aromatic carbocycles. The molecule has 4 aromatic rings. The van der Waals surface area contributed by atoms with Gasteiger partial charge in [-0.1, -0.05) is 12.1 Å². The Morgan fingerprint density at radius 3 is 2.78 bits per heavy atom. The smallest absolute Gasteiger partial charge is 0.260 e. The van der Waals surface area contributed by atoms with Gasteiger partial charge >= 0.3 is 0 Å². The van der Waals surface area contributed by atoms with E-state index in [1.54, 1.807) is 11.1 Å². The molecule has 32 heavy (non-hydrogen) atoms. The van der Waals surface area contributed by atoms with E-state index in [4.69, 9.17) is 10.7 Å². The maximum Gasteiger partial charge on any atom is 0.260 e. The third-order valence-electron chi connectivity index (χ3n) is 6.29. The molecule has 2 saturated heterocycles. The summed E-state index contributed by atoms with van der Waals surface area (Å²) in [5.74, 6) is 0.340. The zero-order chi connectivity index (χ0) is 21.8. The Morgan fingerprint density at radius 2 is 2.00 bits per heavy atom. The largest absolute Gasteiger partial charge is 0.338 e. The molecule has 9 nitrogen and oxygen atoms in total. The first-order valence-corrected chi connectivity index (χ1v) is 11.7. The summed E-state index contributed by atoms with van der Waals surface area (Å²) in [4.78, 5) is 40.8. The number of thiazole rings is 1. The summed E-state index contributed by atoms with van der Waals surface area (Å²) in [6.45, 7) is 4.37. The molecule has 6 rings (SSSR count). The summed E-state index contributed by atoms with van der Waals surface area (Å²) in [7, 11) is 0. The van der Waals surface area contributed by atoms with Crippen LogP contribution in [0.25, 0.3) is 26.1 Å². The topological polar surface area (TPSA) is 109 Å². The molecule has 0 bridgehead atoms. The molecule has 0 saturated carbocycles. The molecule has 1 amide bonds. The molecule has 10 heteroatoms. The number of likely N-dealkylation sites (tertiary alicyclic amines) is 1. The van der Waals surface area contributed by atoms with Crippen LogP contribution in [0.4, 0.5) is 5.95 Å². The third kappa shape index (κ3) is 2.98. The molecule has 2 aliphatic heterocycles. The number of rotatable bonds is 2. The van der Waals surface area contributed by atoms with Gasteiger partial charge in [-0.05, 0) is 18.6 Å². The number of carbonyl (C=O) groups excluding carboxylic acids is 1. The predicted molar refractivity (Wildman–Crippen MR) is 126 cm³/mol. The van der Waals surface area contributed by atoms with Crippen molar-refractivity contribution in [2.45, 2.75) is 12.5 Å². The van der Waals surface area contributed by atoms with E-state index in [-0.39, 0.29) is 22.9 Å². The van der Waals surface area contributed by atoms with Crippen LogP contribution < -0.4 is 21.4 Å². The second-order valence-corrected chi connectivity index (χ2v) is 9.39. The lowest BCUT2D eigenvalue weighted by Gasteiger charge is -2.27. The fraction of sp³-hybridized carbons (Fsp3) is 0.364. The number of benzene rings is 1. The molecule has 0 spiro atoms. The maximum absolute atomic E-state index is 13.6. The van der Waals surface area contributed by atoms with Gasteiger partial charge in [-0.25, -0.2) is 4.98 Å². The highest BCUT2D eigenvalue weighted by atomic mass is 32.1. The summed E-state index contributed by atoms with van der Waals surface area (Å²) in [5.41, 5.74) is 7.37. The highest BCUT2D eigenvalue weighted by molar-refractivity contribution is 7.24. The molecule has 5 heterocycles. The van der Waals surface area contributed by atoms with Crippen molar-refractivity contribution in [1.82, 2.24) is 24.6 Å². The van der Waals surface area contributed by atoms with Crippen LogP contribution in [0.5, 0.6) is 0 Å². The minimum atomic E-state index is -0.316. The average Bonchev–Trinajstić information content (AvgIpc) is 3.43. The van der Waals surface area contributed by atoms with E-state index in [0.29, 0.717) is 34.9 Å². The quantitative estimate of drug-likeness (QED) is 0.471. The third-order valence-corrected chi connectivity index (χ3v) is 7.44. The Labute approximate surface area is 187 Å². The minimum absolute atomic E-state index is 0.0509. The van der Waals surface area contributed by atoms with Crippen LogP contribution in [-0.2, 0) is 0 Å². The molecule has 0 aliphatic carbocycles. The number of para-hydroxylation sites is 1. The van der Waals surface area contributed by atoms with E-state index in [1.165, 1.54) is 11.3 Å². The summed E-state index contributed by atoms with van der Waals surface area (Å²) in [5, 5.41) is 3.69. The molecular formula is C22H23N7O2S. The lowest BCUT2D eigenvalue weighted by molar-refractivity contribution is 0.0791. The molecular weight excluding hydrogens is 426 g/mol. The van der Waals surface area contributed by atoms with Crippen molar-refractivity contribution in [2.75, 3.05) is 44.2 Å². The second kappa shape index (κ2) is 7.51. The monoisotopic (exact) mass is 449 g/mol. The number of anilines is 1. The fourth-order valence-electron chi connectivity index (χ4n) is 4.62. The van der Waals surface area contributed by atoms with Crippen molar-refractivity contribution < 1.29 is 4.79 Å². The zero-order valence-corrected chi connectivity index (χ0v) is 18.3. The Kier molecular flexibility index (Phi) is 4.60. The van der Waals surface area contributed by atoms with Gasteiger partial charge in [-0.15, -0.1) is 11.3 Å². The Hall–Kier alpha value is -3.08. The highest BCUT2D eigenvalue weighted by Gasteiger charge is 2.30. The number of nitrogens with one attached hydrogen (secondary N) is 1. The number of fused-ring (bicyclic) bond motifs is 5. The number of nitrogens with two attached hydrogens (primary N) is 1. The molecule has 3 N–H and O–H groups in total. The Bertz CT molecular complexity index is 1420. The minimum Gasteiger partial charge on any atom is -0.338 e. The van der Waals surface area contributed by atoms with Gasteiger partial charge in [0.1, 0.15) is 10.4 Å². The zero-order valence-electron chi connectivity index (χ0n) is 17.5. The van der Waals surface area contributed by atoms with Crippen LogP contribution in [0.15, 0.2) is 35.3 Å². The van der Waals surface area contributed by atoms with Crippen LogP contribution in [0.3, 0.4) is 0 Å². The summed E-state index contributed by atoms with van der Waals surface area (Å²) in [6.07, 6.45) is 2.32. The number of amides is 1. The standard InChI is InChI=1S/C22H23N7O2S/c23-13-5-8-28(12-13)20(31)17-18(30)14-11-25-22(27-9-6-24-7-10-27)26-19(14)29-15-3-1-2-4-16(15)32-21(17)29/h1-4,11,13,24H,5-10,12,23H2. The van der Waals surface area contributed by atoms with Crippen molar-refractivity contribution in [3.8, 4) is 0 Å². The van der Waals surface area contributed by atoms with Crippen LogP contribution in [0.1, 0.15) is 16.8 Å². The van der Waals surface area contributed by atoms with Crippen molar-refractivity contribution in [1.29, 1.82) is 0 Å². The molecule has 2 aliphatic rings. The van der Waals surface area contributed by atoms with Gasteiger partial charge in [-0.2, -0.15) is 4.98 Å². The highest BCUT2D eigenvalue weighted by Crippen LogP contribution is 2.31. The average molecular weight is 450 g/mol. The van der Waals surface area contributed by atoms with Gasteiger partial charge < -0.3 is 20.9 Å². The van der Waals surface area contributed by atoms with Crippen molar-refractivity contribution in [3.05, 3.63) is 46.2 Å². The number of aromatic nitrogens is 3. The number of piperazine rings is 1. The van der Waals surface area contributed by atoms with Crippen LogP contribution in [0.2, 0.25) is 0 Å². The number of carbonyl (C=O) groups is 1. The van der Waals surface area contributed by atoms with E-state index >= 15 is 0 Å². The normalized spacial score (nSPS) is 19.5. The van der Waals surface area contributed by atoms with Gasteiger partial charge in [-0.3, -0.25) is 14.0 Å². The number of hydrogen-bond acceptors (Lipinski definition) is 8. The molecule has 1 atom stereocenters. The second-order valence-electron chi connectivity index (χ2n) is 8.36. The molecule has 1 unspecified atom stereocenters. The van der Waals surface area contributed by atoms with E-state index < -0.39 is 0 Å². The van der Waals surface area contributed by atoms with Crippen LogP contribution in [0, 0.1) is 0 Å². The van der Waals surface area contributed by atoms with Gasteiger partial charge in [0.2, 0.25) is 11.4 Å². The first kappa shape index (κ1) is 19.6. The number of pyridine rings is 1. The van der Waals surface area contributed by atoms with Crippen LogP contribution in [-0.4, -0.2) is 70.5 Å². The van der Waals surface area contributed by atoms with Gasteiger partial charge in [0.15, 0.2) is 5.65 Å². The Morgan fingerprint density at radius 1 is 1.19 bits per heavy atom. The summed E-state index contributed by atoms with van der Waals surface area (Å²) >= 11 is 1.45. The summed E-state index contributed by atoms with van der Waals surface area (Å²) in [6, 6.07) is 7.86. The van der Waals surface area contributed by atoms with E-state index in [2.05, 4.69) is 15.2 Å². The van der Waals surface area contributed by atoms with E-state index in [0.717, 1.165) is 42.8 Å². The van der Waals surface area contributed by atoms with E-state index in [9.17, 15) is 9.59 Å². The predicted octanol–water partition coefficient (Wildman–Crippen LogP) is 1.04. The summed E-state index contributed by atoms with van der Waals surface area (Å²) < 4.78 is 2.95. The Balaban J connectivity index is 1.64. The van der Waals surface area contributed by atoms with Crippen LogP contribution >= 0.6 is 11.3 Å². The number of hydrogen-bond donors (Lipinski definition) is 2.